The topological polar surface area (TPSA) is 119 Å². The Hall–Kier alpha value is -3.40. The Morgan fingerprint density at radius 1 is 1.25 bits per heavy atom. The van der Waals surface area contributed by atoms with Crippen LogP contribution in [0.1, 0.15) is 26.4 Å². The van der Waals surface area contributed by atoms with Crippen molar-refractivity contribution in [3.63, 3.8) is 0 Å². The first-order valence-electron chi connectivity index (χ1n) is 9.73. The van der Waals surface area contributed by atoms with Crippen LogP contribution in [-0.4, -0.2) is 43.6 Å². The summed E-state index contributed by atoms with van der Waals surface area (Å²) in [5.41, 5.74) is 0.755. The number of carboxylic acid groups (broad SMARTS) is 1. The molecule has 4 N–H and O–H groups in total. The van der Waals surface area contributed by atoms with Gasteiger partial charge in [0.15, 0.2) is 5.72 Å². The van der Waals surface area contributed by atoms with Gasteiger partial charge in [-0.2, -0.15) is 0 Å². The molecule has 32 heavy (non-hydrogen) atoms. The monoisotopic (exact) mass is 468 g/mol. The zero-order chi connectivity index (χ0) is 22.5. The second-order valence-electron chi connectivity index (χ2n) is 7.40. The number of anilines is 1. The highest BCUT2D eigenvalue weighted by molar-refractivity contribution is 7.10. The van der Waals surface area contributed by atoms with Crippen LogP contribution in [0, 0.1) is 0 Å². The number of thiophene rings is 1. The molecule has 162 valence electrons. The van der Waals surface area contributed by atoms with E-state index in [1.165, 1.54) is 16.2 Å². The molecular formula is C22H17ClN4O4S. The van der Waals surface area contributed by atoms with Crippen LogP contribution in [0.3, 0.4) is 0 Å². The number of hydrogen-bond acceptors (Lipinski definition) is 5. The summed E-state index contributed by atoms with van der Waals surface area (Å²) in [4.78, 5) is 33.7. The Morgan fingerprint density at radius 3 is 2.81 bits per heavy atom. The third-order valence-corrected chi connectivity index (χ3v) is 6.83. The third-order valence-electron chi connectivity index (χ3n) is 5.48. The molecule has 1 aliphatic heterocycles. The molecule has 1 aliphatic rings. The van der Waals surface area contributed by atoms with E-state index in [9.17, 15) is 14.7 Å². The molecule has 0 spiro atoms. The molecule has 1 atom stereocenters. The Balaban J connectivity index is 1.57. The normalized spacial score (nSPS) is 17.7. The molecule has 0 saturated carbocycles. The van der Waals surface area contributed by atoms with Gasteiger partial charge in [0.25, 0.3) is 5.91 Å². The molecule has 0 bridgehead atoms. The maximum absolute atomic E-state index is 13.2. The lowest BCUT2D eigenvalue weighted by atomic mass is 9.93. The average Bonchev–Trinajstić information content (AvgIpc) is 3.42. The first-order valence-corrected chi connectivity index (χ1v) is 11.0. The largest absolute Gasteiger partial charge is 0.465 e. The van der Waals surface area contributed by atoms with Crippen molar-refractivity contribution in [2.45, 2.75) is 12.1 Å². The number of benzene rings is 2. The third kappa shape index (κ3) is 3.31. The van der Waals surface area contributed by atoms with Crippen LogP contribution in [-0.2, 0) is 12.1 Å². The molecular weight excluding hydrogens is 452 g/mol. The van der Waals surface area contributed by atoms with E-state index in [0.717, 1.165) is 4.88 Å². The summed E-state index contributed by atoms with van der Waals surface area (Å²) in [5, 5.41) is 25.6. The van der Waals surface area contributed by atoms with Crippen molar-refractivity contribution in [1.82, 2.24) is 14.9 Å². The fourth-order valence-electron chi connectivity index (χ4n) is 4.08. The maximum atomic E-state index is 13.2. The van der Waals surface area contributed by atoms with Gasteiger partial charge >= 0.3 is 6.09 Å². The lowest BCUT2D eigenvalue weighted by Crippen LogP contribution is -2.45. The average molecular weight is 469 g/mol. The number of H-pyrrole nitrogens is 1. The molecule has 8 nitrogen and oxygen atoms in total. The van der Waals surface area contributed by atoms with Crippen molar-refractivity contribution in [3.05, 3.63) is 80.5 Å². The zero-order valence-corrected chi connectivity index (χ0v) is 18.1. The van der Waals surface area contributed by atoms with Gasteiger partial charge in [-0.1, -0.05) is 35.9 Å². The molecule has 2 aromatic heterocycles. The quantitative estimate of drug-likeness (QED) is 0.349. The minimum absolute atomic E-state index is 0.0750. The molecule has 5 rings (SSSR count). The summed E-state index contributed by atoms with van der Waals surface area (Å²) in [6.45, 7) is 0.283. The van der Waals surface area contributed by atoms with Gasteiger partial charge in [-0.15, -0.1) is 11.3 Å². The molecule has 3 heterocycles. The van der Waals surface area contributed by atoms with Crippen LogP contribution in [0.15, 0.2) is 53.9 Å². The van der Waals surface area contributed by atoms with Crippen molar-refractivity contribution in [1.29, 1.82) is 0 Å². The molecule has 1 unspecified atom stereocenters. The SMILES string of the molecule is O=C(O)Nc1nc2cc(C3(O)c4ccccc4C(=O)N3CCc3cc(Cl)cs3)ccc2[nH]1. The summed E-state index contributed by atoms with van der Waals surface area (Å²) in [6.07, 6.45) is -0.699. The zero-order valence-electron chi connectivity index (χ0n) is 16.5. The van der Waals surface area contributed by atoms with Gasteiger partial charge < -0.3 is 20.1 Å². The number of carbonyl (C=O) groups excluding carboxylic acids is 1. The number of aromatic nitrogens is 2. The van der Waals surface area contributed by atoms with E-state index in [1.54, 1.807) is 42.5 Å². The van der Waals surface area contributed by atoms with Gasteiger partial charge in [-0.05, 0) is 30.7 Å². The van der Waals surface area contributed by atoms with Crippen LogP contribution >= 0.6 is 22.9 Å². The maximum Gasteiger partial charge on any atom is 0.411 e. The molecule has 10 heteroatoms. The van der Waals surface area contributed by atoms with Gasteiger partial charge in [-0.25, -0.2) is 9.78 Å². The molecule has 4 aromatic rings. The number of rotatable bonds is 5. The van der Waals surface area contributed by atoms with E-state index in [2.05, 4.69) is 15.3 Å². The highest BCUT2D eigenvalue weighted by Gasteiger charge is 2.49. The van der Waals surface area contributed by atoms with Crippen molar-refractivity contribution in [3.8, 4) is 0 Å². The number of aliphatic hydroxyl groups is 1. The summed E-state index contributed by atoms with van der Waals surface area (Å²) in [6, 6.07) is 13.9. The number of nitrogens with one attached hydrogen (secondary N) is 2. The van der Waals surface area contributed by atoms with Crippen LogP contribution in [0.5, 0.6) is 0 Å². The number of fused-ring (bicyclic) bond motifs is 2. The Kier molecular flexibility index (Phi) is 4.89. The number of amides is 2. The Labute approximate surface area is 191 Å². The highest BCUT2D eigenvalue weighted by atomic mass is 35.5. The summed E-state index contributed by atoms with van der Waals surface area (Å²) >= 11 is 7.53. The minimum Gasteiger partial charge on any atom is -0.465 e. The van der Waals surface area contributed by atoms with E-state index >= 15 is 0 Å². The van der Waals surface area contributed by atoms with Gasteiger partial charge in [0.1, 0.15) is 0 Å². The van der Waals surface area contributed by atoms with Gasteiger partial charge in [-0.3, -0.25) is 10.1 Å². The lowest BCUT2D eigenvalue weighted by Gasteiger charge is -2.35. The molecule has 2 amide bonds. The van der Waals surface area contributed by atoms with Crippen molar-refractivity contribution >= 4 is 51.9 Å². The van der Waals surface area contributed by atoms with Crippen LogP contribution in [0.4, 0.5) is 10.7 Å². The first-order chi connectivity index (χ1) is 15.4. The van der Waals surface area contributed by atoms with E-state index in [4.69, 9.17) is 16.7 Å². The number of hydrogen-bond donors (Lipinski definition) is 4. The summed E-state index contributed by atoms with van der Waals surface area (Å²) in [7, 11) is 0. The highest BCUT2D eigenvalue weighted by Crippen LogP contribution is 2.43. The number of carbonyl (C=O) groups is 2. The summed E-state index contributed by atoms with van der Waals surface area (Å²) in [5.74, 6) is -0.188. The second-order valence-corrected chi connectivity index (χ2v) is 8.84. The smallest absolute Gasteiger partial charge is 0.411 e. The van der Waals surface area contributed by atoms with E-state index in [-0.39, 0.29) is 18.4 Å². The van der Waals surface area contributed by atoms with Crippen molar-refractivity contribution in [2.75, 3.05) is 11.9 Å². The molecule has 0 radical (unpaired) electrons. The Bertz CT molecular complexity index is 1370. The van der Waals surface area contributed by atoms with Crippen LogP contribution in [0.25, 0.3) is 11.0 Å². The molecule has 0 fully saturated rings. The predicted octanol–water partition coefficient (Wildman–Crippen LogP) is 4.26. The predicted molar refractivity (Wildman–Crippen MR) is 121 cm³/mol. The molecule has 0 saturated heterocycles. The lowest BCUT2D eigenvalue weighted by molar-refractivity contribution is -0.0492. The van der Waals surface area contributed by atoms with Crippen molar-refractivity contribution in [2.24, 2.45) is 0 Å². The van der Waals surface area contributed by atoms with E-state index in [0.29, 0.717) is 39.2 Å². The standard InChI is InChI=1S/C22H17ClN4O4S/c23-13-10-14(32-11-13)7-8-27-19(28)15-3-1-2-4-16(15)22(27,31)12-5-6-17-18(9-12)25-20(24-17)26-21(29)30/h1-6,9-11,31H,7-8H2,(H,29,30)(H2,24,25,26). The number of imidazole rings is 1. The minimum atomic E-state index is -1.69. The number of aromatic amines is 1. The molecule has 2 aromatic carbocycles. The molecule has 0 aliphatic carbocycles. The number of nitrogens with zero attached hydrogens (tertiary/aromatic N) is 2. The fraction of sp³-hybridized carbons (Fsp3) is 0.136. The van der Waals surface area contributed by atoms with Gasteiger partial charge in [0, 0.05) is 33.5 Å². The van der Waals surface area contributed by atoms with E-state index in [1.807, 2.05) is 11.4 Å². The summed E-state index contributed by atoms with van der Waals surface area (Å²) < 4.78 is 0. The fourth-order valence-corrected chi connectivity index (χ4v) is 5.14. The van der Waals surface area contributed by atoms with E-state index < -0.39 is 11.8 Å². The second kappa shape index (κ2) is 7.63. The van der Waals surface area contributed by atoms with Gasteiger partial charge in [0.05, 0.1) is 16.1 Å². The van der Waals surface area contributed by atoms with Crippen LogP contribution < -0.4 is 5.32 Å². The first kappa shape index (κ1) is 20.5. The van der Waals surface area contributed by atoms with Crippen molar-refractivity contribution < 1.29 is 19.8 Å². The van der Waals surface area contributed by atoms with Gasteiger partial charge in [0.2, 0.25) is 5.95 Å². The van der Waals surface area contributed by atoms with Crippen LogP contribution in [0.2, 0.25) is 5.02 Å². The Morgan fingerprint density at radius 2 is 2.06 bits per heavy atom. The number of halogens is 1.